The summed E-state index contributed by atoms with van der Waals surface area (Å²) in [5.74, 6) is 2.29. The van der Waals surface area contributed by atoms with Crippen LogP contribution in [-0.4, -0.2) is 23.5 Å². The van der Waals surface area contributed by atoms with Crippen LogP contribution >= 0.6 is 11.8 Å². The molecular weight excluding hydrogens is 230 g/mol. The van der Waals surface area contributed by atoms with E-state index in [1.54, 1.807) is 0 Å². The molecule has 1 aliphatic rings. The number of hydrogen-bond donors (Lipinski definition) is 2. The molecule has 0 spiro atoms. The van der Waals surface area contributed by atoms with E-state index in [1.807, 2.05) is 11.8 Å². The summed E-state index contributed by atoms with van der Waals surface area (Å²) < 4.78 is 0. The molecular formula is C14H21NOS. The van der Waals surface area contributed by atoms with Gasteiger partial charge in [0.2, 0.25) is 0 Å². The average Bonchev–Trinajstić information content (AvgIpc) is 2.37. The Hall–Kier alpha value is -0.510. The highest BCUT2D eigenvalue weighted by Gasteiger charge is 2.20. The van der Waals surface area contributed by atoms with Crippen LogP contribution in [0.15, 0.2) is 24.3 Å². The van der Waals surface area contributed by atoms with E-state index in [2.05, 4.69) is 36.5 Å². The van der Waals surface area contributed by atoms with Gasteiger partial charge in [-0.25, -0.2) is 0 Å². The van der Waals surface area contributed by atoms with E-state index < -0.39 is 0 Å². The van der Waals surface area contributed by atoms with Crippen LogP contribution in [0.3, 0.4) is 0 Å². The van der Waals surface area contributed by atoms with E-state index in [0.717, 1.165) is 24.3 Å². The summed E-state index contributed by atoms with van der Waals surface area (Å²) in [6, 6.07) is 9.66. The zero-order chi connectivity index (χ0) is 12.1. The quantitative estimate of drug-likeness (QED) is 0.844. The molecule has 1 heterocycles. The summed E-state index contributed by atoms with van der Waals surface area (Å²) >= 11 is 2.00. The number of hydrogen-bond acceptors (Lipinski definition) is 3. The summed E-state index contributed by atoms with van der Waals surface area (Å²) in [5.41, 5.74) is 2.93. The van der Waals surface area contributed by atoms with Crippen LogP contribution in [-0.2, 0) is 5.75 Å². The number of aliphatic hydroxyl groups is 1. The van der Waals surface area contributed by atoms with Gasteiger partial charge >= 0.3 is 0 Å². The molecule has 2 atom stereocenters. The fraction of sp³-hybridized carbons (Fsp3) is 0.571. The van der Waals surface area contributed by atoms with E-state index in [1.165, 1.54) is 11.1 Å². The minimum absolute atomic E-state index is 0.294. The molecule has 0 radical (unpaired) electrons. The van der Waals surface area contributed by atoms with Crippen LogP contribution in [0, 0.1) is 0 Å². The van der Waals surface area contributed by atoms with Crippen molar-refractivity contribution in [2.45, 2.75) is 37.6 Å². The lowest BCUT2D eigenvalue weighted by Gasteiger charge is -2.29. The number of thioether (sulfide) groups is 1. The molecule has 1 aliphatic heterocycles. The van der Waals surface area contributed by atoms with Crippen molar-refractivity contribution in [3.8, 4) is 0 Å². The molecule has 2 N–H and O–H groups in total. The van der Waals surface area contributed by atoms with Crippen molar-refractivity contribution in [3.05, 3.63) is 35.4 Å². The lowest BCUT2D eigenvalue weighted by molar-refractivity contribution is 0.274. The van der Waals surface area contributed by atoms with Crippen LogP contribution in [0.25, 0.3) is 0 Å². The molecule has 0 fully saturated rings. The molecule has 1 aromatic carbocycles. The lowest BCUT2D eigenvalue weighted by Crippen LogP contribution is -2.34. The van der Waals surface area contributed by atoms with E-state index in [4.69, 9.17) is 5.11 Å². The molecule has 0 amide bonds. The van der Waals surface area contributed by atoms with Gasteiger partial charge in [-0.05, 0) is 30.9 Å². The highest BCUT2D eigenvalue weighted by Crippen LogP contribution is 2.31. The normalized spacial score (nSPS) is 20.9. The predicted molar refractivity (Wildman–Crippen MR) is 74.3 cm³/mol. The Bertz CT molecular complexity index is 356. The predicted octanol–water partition coefficient (Wildman–Crippen LogP) is 2.73. The largest absolute Gasteiger partial charge is 0.396 e. The standard InChI is InChI=1S/C14H21NOS/c1-11(5-4-8-16)15-14-10-17-9-12-6-2-3-7-13(12)14/h2-3,6-7,11,14-16H,4-5,8-10H2,1H3. The second-order valence-electron chi connectivity index (χ2n) is 4.70. The first-order valence-corrected chi connectivity index (χ1v) is 7.49. The van der Waals surface area contributed by atoms with Gasteiger partial charge in [-0.1, -0.05) is 24.3 Å². The Labute approximate surface area is 108 Å². The van der Waals surface area contributed by atoms with Crippen molar-refractivity contribution in [3.63, 3.8) is 0 Å². The summed E-state index contributed by atoms with van der Waals surface area (Å²) in [4.78, 5) is 0. The van der Waals surface area contributed by atoms with Crippen molar-refractivity contribution in [2.75, 3.05) is 12.4 Å². The molecule has 0 aliphatic carbocycles. The summed E-state index contributed by atoms with van der Waals surface area (Å²) in [7, 11) is 0. The maximum Gasteiger partial charge on any atom is 0.0431 e. The van der Waals surface area contributed by atoms with Gasteiger partial charge in [0.05, 0.1) is 0 Å². The maximum atomic E-state index is 8.85. The van der Waals surface area contributed by atoms with Gasteiger partial charge in [-0.3, -0.25) is 0 Å². The van der Waals surface area contributed by atoms with Crippen LogP contribution in [0.4, 0.5) is 0 Å². The van der Waals surface area contributed by atoms with E-state index in [-0.39, 0.29) is 0 Å². The summed E-state index contributed by atoms with van der Waals surface area (Å²) in [5, 5.41) is 12.5. The van der Waals surface area contributed by atoms with E-state index >= 15 is 0 Å². The zero-order valence-electron chi connectivity index (χ0n) is 10.4. The molecule has 2 unspecified atom stereocenters. The van der Waals surface area contributed by atoms with Gasteiger partial charge in [-0.2, -0.15) is 11.8 Å². The summed E-state index contributed by atoms with van der Waals surface area (Å²) in [6.07, 6.45) is 1.93. The third-order valence-electron chi connectivity index (χ3n) is 3.25. The number of aliphatic hydroxyl groups excluding tert-OH is 1. The van der Waals surface area contributed by atoms with Gasteiger partial charge in [0, 0.05) is 30.2 Å². The van der Waals surface area contributed by atoms with Crippen molar-refractivity contribution in [2.24, 2.45) is 0 Å². The van der Waals surface area contributed by atoms with Gasteiger partial charge < -0.3 is 10.4 Å². The second kappa shape index (κ2) is 6.43. The molecule has 17 heavy (non-hydrogen) atoms. The Balaban J connectivity index is 1.98. The van der Waals surface area contributed by atoms with Crippen molar-refractivity contribution < 1.29 is 5.11 Å². The molecule has 0 saturated heterocycles. The third-order valence-corrected chi connectivity index (χ3v) is 4.34. The summed E-state index contributed by atoms with van der Waals surface area (Å²) in [6.45, 7) is 2.50. The first-order valence-electron chi connectivity index (χ1n) is 6.33. The minimum Gasteiger partial charge on any atom is -0.396 e. The number of rotatable bonds is 5. The molecule has 0 saturated carbocycles. The van der Waals surface area contributed by atoms with Crippen LogP contribution in [0.2, 0.25) is 0 Å². The molecule has 2 rings (SSSR count). The van der Waals surface area contributed by atoms with Crippen molar-refractivity contribution in [1.82, 2.24) is 5.32 Å². The first-order chi connectivity index (χ1) is 8.31. The maximum absolute atomic E-state index is 8.85. The molecule has 3 heteroatoms. The van der Waals surface area contributed by atoms with Crippen molar-refractivity contribution in [1.29, 1.82) is 0 Å². The first kappa shape index (κ1) is 12.9. The van der Waals surface area contributed by atoms with Crippen molar-refractivity contribution >= 4 is 11.8 Å². The number of nitrogens with one attached hydrogen (secondary N) is 1. The Morgan fingerprint density at radius 3 is 3.12 bits per heavy atom. The second-order valence-corrected chi connectivity index (χ2v) is 5.73. The lowest BCUT2D eigenvalue weighted by atomic mass is 10.0. The third kappa shape index (κ3) is 3.47. The Morgan fingerprint density at radius 1 is 1.47 bits per heavy atom. The number of fused-ring (bicyclic) bond motifs is 1. The fourth-order valence-corrected chi connectivity index (χ4v) is 3.46. The molecule has 0 aromatic heterocycles. The number of benzene rings is 1. The topological polar surface area (TPSA) is 32.3 Å². The Kier molecular flexibility index (Phi) is 4.89. The smallest absolute Gasteiger partial charge is 0.0431 e. The Morgan fingerprint density at radius 2 is 2.29 bits per heavy atom. The fourth-order valence-electron chi connectivity index (χ4n) is 2.34. The molecule has 2 nitrogen and oxygen atoms in total. The molecule has 0 bridgehead atoms. The van der Waals surface area contributed by atoms with E-state index in [9.17, 15) is 0 Å². The van der Waals surface area contributed by atoms with Crippen LogP contribution < -0.4 is 5.32 Å². The molecule has 1 aromatic rings. The van der Waals surface area contributed by atoms with Gasteiger partial charge in [0.1, 0.15) is 0 Å². The highest BCUT2D eigenvalue weighted by atomic mass is 32.2. The average molecular weight is 251 g/mol. The van der Waals surface area contributed by atoms with Gasteiger partial charge in [0.15, 0.2) is 0 Å². The molecule has 94 valence electrons. The van der Waals surface area contributed by atoms with Gasteiger partial charge in [0.25, 0.3) is 0 Å². The van der Waals surface area contributed by atoms with E-state index in [0.29, 0.717) is 18.7 Å². The van der Waals surface area contributed by atoms with Gasteiger partial charge in [-0.15, -0.1) is 0 Å². The minimum atomic E-state index is 0.294. The van der Waals surface area contributed by atoms with Crippen LogP contribution in [0.5, 0.6) is 0 Å². The highest BCUT2D eigenvalue weighted by molar-refractivity contribution is 7.98. The van der Waals surface area contributed by atoms with Crippen LogP contribution in [0.1, 0.15) is 36.9 Å². The monoisotopic (exact) mass is 251 g/mol. The SMILES string of the molecule is CC(CCCO)NC1CSCc2ccccc21. The zero-order valence-corrected chi connectivity index (χ0v) is 11.2.